The molecule has 0 bridgehead atoms. The Hall–Kier alpha value is -4.64. The van der Waals surface area contributed by atoms with Crippen LogP contribution in [0.4, 0.5) is 4.79 Å². The topological polar surface area (TPSA) is 101 Å². The zero-order valence-corrected chi connectivity index (χ0v) is 22.3. The van der Waals surface area contributed by atoms with E-state index in [-0.39, 0.29) is 6.09 Å². The van der Waals surface area contributed by atoms with E-state index in [2.05, 4.69) is 28.3 Å². The monoisotopic (exact) mass is 522 g/mol. The largest absolute Gasteiger partial charge is 0.488 e. The molecule has 0 radical (unpaired) electrons. The molecule has 4 aromatic rings. The molecule has 0 spiro atoms. The molecule has 0 fully saturated rings. The van der Waals surface area contributed by atoms with Gasteiger partial charge in [0, 0.05) is 24.2 Å². The molecule has 0 N–H and O–H groups in total. The van der Waals surface area contributed by atoms with Gasteiger partial charge in [0.05, 0.1) is 5.56 Å². The summed E-state index contributed by atoms with van der Waals surface area (Å²) < 4.78 is 17.0. The number of fused-ring (bicyclic) bond motifs is 1. The molecule has 8 heteroatoms. The Morgan fingerprint density at radius 3 is 2.49 bits per heavy atom. The average molecular weight is 523 g/mol. The number of carbonyl (C=O) groups excluding carboxylic acids is 1. The fraction of sp³-hybridized carbons (Fsp3) is 0.290. The number of hydrogen-bond donors (Lipinski definition) is 0. The van der Waals surface area contributed by atoms with Gasteiger partial charge >= 0.3 is 6.09 Å². The third kappa shape index (κ3) is 6.27. The Balaban J connectivity index is 1.29. The van der Waals surface area contributed by atoms with Gasteiger partial charge in [-0.05, 0) is 74.6 Å². The van der Waals surface area contributed by atoms with Crippen LogP contribution in [-0.4, -0.2) is 39.8 Å². The summed E-state index contributed by atoms with van der Waals surface area (Å²) in [5.41, 5.74) is 4.70. The number of carbonyl (C=O) groups is 1. The number of ether oxygens (including phenoxy) is 2. The lowest BCUT2D eigenvalue weighted by Crippen LogP contribution is -2.38. The molecule has 1 aliphatic heterocycles. The fourth-order valence-electron chi connectivity index (χ4n) is 4.44. The van der Waals surface area contributed by atoms with Crippen LogP contribution in [-0.2, 0) is 24.2 Å². The van der Waals surface area contributed by atoms with E-state index in [1.54, 1.807) is 23.1 Å². The van der Waals surface area contributed by atoms with Crippen LogP contribution < -0.4 is 4.74 Å². The van der Waals surface area contributed by atoms with Crippen molar-refractivity contribution in [2.45, 2.75) is 45.8 Å². The number of nitriles is 1. The van der Waals surface area contributed by atoms with Crippen molar-refractivity contribution in [3.8, 4) is 34.7 Å². The first-order chi connectivity index (χ1) is 18.8. The molecule has 0 aliphatic carbocycles. The molecule has 2 heterocycles. The molecular formula is C31H30N4O4. The second-order valence-corrected chi connectivity index (χ2v) is 10.5. The van der Waals surface area contributed by atoms with Crippen molar-refractivity contribution < 1.29 is 18.8 Å². The van der Waals surface area contributed by atoms with Crippen LogP contribution in [0.25, 0.3) is 22.8 Å². The van der Waals surface area contributed by atoms with E-state index < -0.39 is 5.60 Å². The van der Waals surface area contributed by atoms with E-state index in [9.17, 15) is 10.1 Å². The van der Waals surface area contributed by atoms with Crippen LogP contribution in [0.1, 0.15) is 43.0 Å². The zero-order chi connectivity index (χ0) is 27.4. The minimum Gasteiger partial charge on any atom is -0.488 e. The number of benzene rings is 3. The first-order valence-corrected chi connectivity index (χ1v) is 12.9. The van der Waals surface area contributed by atoms with Gasteiger partial charge in [-0.2, -0.15) is 10.2 Å². The summed E-state index contributed by atoms with van der Waals surface area (Å²) in [6, 6.07) is 23.3. The molecule has 8 nitrogen and oxygen atoms in total. The summed E-state index contributed by atoms with van der Waals surface area (Å²) >= 11 is 0. The van der Waals surface area contributed by atoms with E-state index in [0.717, 1.165) is 23.1 Å². The lowest BCUT2D eigenvalue weighted by Gasteiger charge is -2.26. The normalized spacial score (nSPS) is 13.2. The molecular weight excluding hydrogens is 492 g/mol. The maximum Gasteiger partial charge on any atom is 0.410 e. The Morgan fingerprint density at radius 1 is 1.00 bits per heavy atom. The van der Waals surface area contributed by atoms with Gasteiger partial charge in [-0.15, -0.1) is 0 Å². The van der Waals surface area contributed by atoms with Gasteiger partial charge in [0.15, 0.2) is 0 Å². The molecule has 0 saturated carbocycles. The average Bonchev–Trinajstić information content (AvgIpc) is 3.32. The molecule has 0 saturated heterocycles. The van der Waals surface area contributed by atoms with Crippen molar-refractivity contribution in [3.05, 3.63) is 89.0 Å². The van der Waals surface area contributed by atoms with E-state index in [4.69, 9.17) is 14.0 Å². The minimum atomic E-state index is -0.525. The molecule has 1 aliphatic rings. The van der Waals surface area contributed by atoms with Gasteiger partial charge in [0.25, 0.3) is 5.89 Å². The quantitative estimate of drug-likeness (QED) is 0.308. The van der Waals surface area contributed by atoms with Gasteiger partial charge in [0.1, 0.15) is 24.0 Å². The van der Waals surface area contributed by atoms with Crippen molar-refractivity contribution in [2.75, 3.05) is 13.1 Å². The molecule has 39 heavy (non-hydrogen) atoms. The Morgan fingerprint density at radius 2 is 1.74 bits per heavy atom. The van der Waals surface area contributed by atoms with Crippen molar-refractivity contribution in [1.29, 1.82) is 5.26 Å². The van der Waals surface area contributed by atoms with Gasteiger partial charge in [-0.3, -0.25) is 0 Å². The van der Waals surface area contributed by atoms with Gasteiger partial charge in [-0.25, -0.2) is 4.79 Å². The van der Waals surface area contributed by atoms with Crippen molar-refractivity contribution in [1.82, 2.24) is 15.0 Å². The predicted molar refractivity (Wildman–Crippen MR) is 146 cm³/mol. The smallest absolute Gasteiger partial charge is 0.410 e. The highest BCUT2D eigenvalue weighted by molar-refractivity contribution is 5.68. The molecule has 3 aromatic carbocycles. The van der Waals surface area contributed by atoms with Crippen molar-refractivity contribution in [2.24, 2.45) is 0 Å². The maximum absolute atomic E-state index is 12.6. The maximum atomic E-state index is 12.6. The number of aromatic nitrogens is 2. The van der Waals surface area contributed by atoms with Crippen LogP contribution >= 0.6 is 0 Å². The van der Waals surface area contributed by atoms with Gasteiger partial charge in [-0.1, -0.05) is 47.6 Å². The fourth-order valence-corrected chi connectivity index (χ4v) is 4.44. The Kier molecular flexibility index (Phi) is 7.33. The highest BCUT2D eigenvalue weighted by atomic mass is 16.6. The molecule has 0 atom stereocenters. The van der Waals surface area contributed by atoms with Gasteiger partial charge in [0.2, 0.25) is 5.82 Å². The summed E-state index contributed by atoms with van der Waals surface area (Å²) in [7, 11) is 0. The van der Waals surface area contributed by atoms with Crippen LogP contribution in [0.5, 0.6) is 5.75 Å². The Labute approximate surface area is 227 Å². The summed E-state index contributed by atoms with van der Waals surface area (Å²) in [4.78, 5) is 18.9. The predicted octanol–water partition coefficient (Wildman–Crippen LogP) is 6.19. The number of rotatable bonds is 5. The third-order valence-corrected chi connectivity index (χ3v) is 6.43. The minimum absolute atomic E-state index is 0.286. The standard InChI is InChI=1S/C31H30N4O4/c1-31(2,3)38-30(36)35-15-13-22-9-10-24(17-23(22)14-16-35)28-33-29(39-34-28)25-11-12-27(26(18-25)19-32)37-20-21-7-5-4-6-8-21/h4-12,17-18H,13-16,20H2,1-3H3. The number of amides is 1. The summed E-state index contributed by atoms with van der Waals surface area (Å²) in [6.45, 7) is 7.18. The second-order valence-electron chi connectivity index (χ2n) is 10.5. The SMILES string of the molecule is CC(C)(C)OC(=O)N1CCc2ccc(-c3noc(-c4ccc(OCc5ccccc5)c(C#N)c4)n3)cc2CC1. The second kappa shape index (κ2) is 11.0. The van der Waals surface area contributed by atoms with Crippen LogP contribution in [0.3, 0.4) is 0 Å². The van der Waals surface area contributed by atoms with Crippen LogP contribution in [0.15, 0.2) is 71.3 Å². The van der Waals surface area contributed by atoms with Crippen molar-refractivity contribution in [3.63, 3.8) is 0 Å². The molecule has 198 valence electrons. The zero-order valence-electron chi connectivity index (χ0n) is 22.3. The molecule has 0 unspecified atom stereocenters. The van der Waals surface area contributed by atoms with E-state index in [1.165, 1.54) is 5.56 Å². The highest BCUT2D eigenvalue weighted by Gasteiger charge is 2.24. The Bertz CT molecular complexity index is 1520. The summed E-state index contributed by atoms with van der Waals surface area (Å²) in [5.74, 6) is 1.28. The third-order valence-electron chi connectivity index (χ3n) is 6.43. The van der Waals surface area contributed by atoms with Crippen LogP contribution in [0.2, 0.25) is 0 Å². The lowest BCUT2D eigenvalue weighted by molar-refractivity contribution is 0.0258. The number of hydrogen-bond acceptors (Lipinski definition) is 7. The van der Waals surface area contributed by atoms with Crippen molar-refractivity contribution >= 4 is 6.09 Å². The van der Waals surface area contributed by atoms with E-state index in [1.807, 2.05) is 57.2 Å². The van der Waals surface area contributed by atoms with Crippen LogP contribution in [0, 0.1) is 11.3 Å². The lowest BCUT2D eigenvalue weighted by atomic mass is 10.00. The molecule has 1 aromatic heterocycles. The highest BCUT2D eigenvalue weighted by Crippen LogP contribution is 2.29. The number of nitrogens with zero attached hydrogens (tertiary/aromatic N) is 4. The first kappa shape index (κ1) is 26.0. The summed E-state index contributed by atoms with van der Waals surface area (Å²) in [5, 5.41) is 13.9. The summed E-state index contributed by atoms with van der Waals surface area (Å²) in [6.07, 6.45) is 1.18. The molecule has 5 rings (SSSR count). The van der Waals surface area contributed by atoms with Gasteiger partial charge < -0.3 is 18.9 Å². The first-order valence-electron chi connectivity index (χ1n) is 12.9. The van der Waals surface area contributed by atoms with E-state index >= 15 is 0 Å². The van der Waals surface area contributed by atoms with E-state index in [0.29, 0.717) is 54.7 Å². The molecule has 1 amide bonds.